The van der Waals surface area contributed by atoms with E-state index in [4.69, 9.17) is 9.47 Å². The fourth-order valence-electron chi connectivity index (χ4n) is 2.29. The zero-order valence-electron chi connectivity index (χ0n) is 12.0. The van der Waals surface area contributed by atoms with Crippen molar-refractivity contribution in [3.8, 4) is 11.5 Å². The summed E-state index contributed by atoms with van der Waals surface area (Å²) in [6.45, 7) is 4.42. The van der Waals surface area contributed by atoms with Crippen molar-refractivity contribution in [2.45, 2.75) is 20.3 Å². The fraction of sp³-hybridized carbons (Fsp3) is 0.235. The molecule has 2 aromatic carbocycles. The van der Waals surface area contributed by atoms with Crippen LogP contribution in [0.5, 0.6) is 11.5 Å². The van der Waals surface area contributed by atoms with Crippen molar-refractivity contribution >= 4 is 6.47 Å². The maximum absolute atomic E-state index is 10.4. The Bertz CT molecular complexity index is 618. The van der Waals surface area contributed by atoms with Gasteiger partial charge in [-0.15, -0.1) is 0 Å². The summed E-state index contributed by atoms with van der Waals surface area (Å²) in [5.74, 6) is 1.51. The average Bonchev–Trinajstić information content (AvgIpc) is 2.42. The van der Waals surface area contributed by atoms with E-state index in [0.717, 1.165) is 23.3 Å². The Hall–Kier alpha value is -2.29. The number of aryl methyl sites for hydroxylation is 2. The molecular formula is C17H18O3. The molecule has 0 aliphatic heterocycles. The highest BCUT2D eigenvalue weighted by molar-refractivity contribution is 5.49. The molecule has 2 rings (SSSR count). The van der Waals surface area contributed by atoms with Crippen LogP contribution in [0, 0.1) is 13.8 Å². The summed E-state index contributed by atoms with van der Waals surface area (Å²) < 4.78 is 10.2. The van der Waals surface area contributed by atoms with Gasteiger partial charge in [-0.2, -0.15) is 0 Å². The topological polar surface area (TPSA) is 35.5 Å². The van der Waals surface area contributed by atoms with Crippen LogP contribution in [0.2, 0.25) is 0 Å². The molecule has 0 aliphatic carbocycles. The van der Waals surface area contributed by atoms with Crippen molar-refractivity contribution < 1.29 is 14.3 Å². The predicted octanol–water partition coefficient (Wildman–Crippen LogP) is 3.44. The highest BCUT2D eigenvalue weighted by Crippen LogP contribution is 2.23. The SMILES string of the molecule is COc1ccc(Cc2ccc(OC=O)c(C)c2)cc1C. The van der Waals surface area contributed by atoms with Crippen LogP contribution in [0.15, 0.2) is 36.4 Å². The Labute approximate surface area is 119 Å². The van der Waals surface area contributed by atoms with Crippen LogP contribution in [-0.4, -0.2) is 13.6 Å². The summed E-state index contributed by atoms with van der Waals surface area (Å²) in [5.41, 5.74) is 4.50. The van der Waals surface area contributed by atoms with Gasteiger partial charge in [-0.05, 0) is 54.7 Å². The summed E-state index contributed by atoms with van der Waals surface area (Å²) in [6, 6.07) is 12.0. The van der Waals surface area contributed by atoms with Gasteiger partial charge in [0.05, 0.1) is 7.11 Å². The zero-order chi connectivity index (χ0) is 14.5. The van der Waals surface area contributed by atoms with Gasteiger partial charge in [-0.25, -0.2) is 0 Å². The Balaban J connectivity index is 2.19. The van der Waals surface area contributed by atoms with Gasteiger partial charge in [0.2, 0.25) is 0 Å². The van der Waals surface area contributed by atoms with E-state index in [-0.39, 0.29) is 0 Å². The van der Waals surface area contributed by atoms with Gasteiger partial charge in [0.15, 0.2) is 0 Å². The molecule has 104 valence electrons. The van der Waals surface area contributed by atoms with Crippen molar-refractivity contribution in [3.63, 3.8) is 0 Å². The molecule has 0 atom stereocenters. The minimum Gasteiger partial charge on any atom is -0.496 e. The number of methoxy groups -OCH3 is 1. The molecule has 0 saturated carbocycles. The molecule has 0 bridgehead atoms. The van der Waals surface area contributed by atoms with Crippen molar-refractivity contribution in [1.82, 2.24) is 0 Å². The molecule has 0 aromatic heterocycles. The summed E-state index contributed by atoms with van der Waals surface area (Å²) in [7, 11) is 1.68. The van der Waals surface area contributed by atoms with Gasteiger partial charge in [0.25, 0.3) is 6.47 Å². The van der Waals surface area contributed by atoms with E-state index >= 15 is 0 Å². The number of carbonyl (C=O) groups excluding carboxylic acids is 1. The van der Waals surface area contributed by atoms with E-state index in [1.165, 1.54) is 11.1 Å². The summed E-state index contributed by atoms with van der Waals surface area (Å²) in [4.78, 5) is 10.4. The highest BCUT2D eigenvalue weighted by atomic mass is 16.5. The lowest BCUT2D eigenvalue weighted by Gasteiger charge is -2.09. The van der Waals surface area contributed by atoms with Crippen molar-refractivity contribution in [3.05, 3.63) is 58.7 Å². The van der Waals surface area contributed by atoms with Crippen molar-refractivity contribution in [2.75, 3.05) is 7.11 Å². The Morgan fingerprint density at radius 3 is 1.95 bits per heavy atom. The van der Waals surface area contributed by atoms with Crippen LogP contribution in [0.3, 0.4) is 0 Å². The Morgan fingerprint density at radius 1 is 0.950 bits per heavy atom. The van der Waals surface area contributed by atoms with Gasteiger partial charge in [0.1, 0.15) is 11.5 Å². The van der Waals surface area contributed by atoms with E-state index in [2.05, 4.69) is 12.1 Å². The molecular weight excluding hydrogens is 252 g/mol. The van der Waals surface area contributed by atoms with Crippen molar-refractivity contribution in [1.29, 1.82) is 0 Å². The number of benzene rings is 2. The second-order valence-electron chi connectivity index (χ2n) is 4.79. The summed E-state index contributed by atoms with van der Waals surface area (Å²) in [5, 5.41) is 0. The molecule has 0 saturated heterocycles. The first-order valence-electron chi connectivity index (χ1n) is 6.47. The van der Waals surface area contributed by atoms with Gasteiger partial charge in [-0.1, -0.05) is 24.3 Å². The number of hydrogen-bond acceptors (Lipinski definition) is 3. The third-order valence-electron chi connectivity index (χ3n) is 3.28. The van der Waals surface area contributed by atoms with Gasteiger partial charge in [-0.3, -0.25) is 4.79 Å². The molecule has 0 amide bonds. The maximum Gasteiger partial charge on any atom is 0.298 e. The maximum atomic E-state index is 10.4. The monoisotopic (exact) mass is 270 g/mol. The third kappa shape index (κ3) is 3.18. The van der Waals surface area contributed by atoms with Crippen LogP contribution in [0.1, 0.15) is 22.3 Å². The molecule has 0 aliphatic rings. The lowest BCUT2D eigenvalue weighted by molar-refractivity contribution is -0.120. The number of rotatable bonds is 5. The normalized spacial score (nSPS) is 10.2. The molecule has 3 nitrogen and oxygen atoms in total. The van der Waals surface area contributed by atoms with Crippen LogP contribution < -0.4 is 9.47 Å². The van der Waals surface area contributed by atoms with Gasteiger partial charge >= 0.3 is 0 Å². The Kier molecular flexibility index (Phi) is 4.41. The lowest BCUT2D eigenvalue weighted by Crippen LogP contribution is -1.95. The standard InChI is InChI=1S/C17H18O3/c1-12-8-14(4-6-16(12)19-3)10-15-5-7-17(20-11-18)13(2)9-15/h4-9,11H,10H2,1-3H3. The number of ether oxygens (including phenoxy) is 2. The molecule has 0 fully saturated rings. The van der Waals surface area contributed by atoms with E-state index in [1.54, 1.807) is 7.11 Å². The predicted molar refractivity (Wildman–Crippen MR) is 78.4 cm³/mol. The summed E-state index contributed by atoms with van der Waals surface area (Å²) in [6.07, 6.45) is 0.840. The highest BCUT2D eigenvalue weighted by Gasteiger charge is 2.04. The smallest absolute Gasteiger partial charge is 0.298 e. The van der Waals surface area contributed by atoms with E-state index < -0.39 is 0 Å². The largest absolute Gasteiger partial charge is 0.496 e. The molecule has 0 spiro atoms. The van der Waals surface area contributed by atoms with E-state index in [0.29, 0.717) is 12.2 Å². The second kappa shape index (κ2) is 6.24. The molecule has 0 unspecified atom stereocenters. The molecule has 3 heteroatoms. The fourth-order valence-corrected chi connectivity index (χ4v) is 2.29. The first-order valence-corrected chi connectivity index (χ1v) is 6.47. The first-order chi connectivity index (χ1) is 9.63. The van der Waals surface area contributed by atoms with Crippen LogP contribution in [0.4, 0.5) is 0 Å². The van der Waals surface area contributed by atoms with E-state index in [1.807, 2.05) is 38.1 Å². The second-order valence-corrected chi connectivity index (χ2v) is 4.79. The van der Waals surface area contributed by atoms with Crippen molar-refractivity contribution in [2.24, 2.45) is 0 Å². The third-order valence-corrected chi connectivity index (χ3v) is 3.28. The van der Waals surface area contributed by atoms with Crippen LogP contribution in [-0.2, 0) is 11.2 Å². The molecule has 20 heavy (non-hydrogen) atoms. The lowest BCUT2D eigenvalue weighted by atomic mass is 10.0. The summed E-state index contributed by atoms with van der Waals surface area (Å²) >= 11 is 0. The first kappa shape index (κ1) is 14.1. The average molecular weight is 270 g/mol. The number of hydrogen-bond donors (Lipinski definition) is 0. The minimum absolute atomic E-state index is 0.453. The molecule has 2 aromatic rings. The molecule has 0 radical (unpaired) electrons. The molecule has 0 N–H and O–H groups in total. The van der Waals surface area contributed by atoms with Gasteiger partial charge in [0, 0.05) is 0 Å². The van der Waals surface area contributed by atoms with Crippen LogP contribution in [0.25, 0.3) is 0 Å². The van der Waals surface area contributed by atoms with Gasteiger partial charge < -0.3 is 9.47 Å². The molecule has 0 heterocycles. The zero-order valence-corrected chi connectivity index (χ0v) is 12.0. The quantitative estimate of drug-likeness (QED) is 0.781. The van der Waals surface area contributed by atoms with E-state index in [9.17, 15) is 4.79 Å². The number of carbonyl (C=O) groups is 1. The Morgan fingerprint density at radius 2 is 1.50 bits per heavy atom. The van der Waals surface area contributed by atoms with Crippen LogP contribution >= 0.6 is 0 Å². The minimum atomic E-state index is 0.453.